The summed E-state index contributed by atoms with van der Waals surface area (Å²) in [5.74, 6) is -0.476. The van der Waals surface area contributed by atoms with E-state index in [0.29, 0.717) is 6.54 Å². The van der Waals surface area contributed by atoms with Crippen LogP contribution in [-0.4, -0.2) is 24.1 Å². The summed E-state index contributed by atoms with van der Waals surface area (Å²) in [6.45, 7) is 0.521. The number of alkyl halides is 2. The summed E-state index contributed by atoms with van der Waals surface area (Å²) in [4.78, 5) is 0. The van der Waals surface area contributed by atoms with Gasteiger partial charge in [-0.3, -0.25) is 0 Å². The first kappa shape index (κ1) is 17.5. The van der Waals surface area contributed by atoms with E-state index < -0.39 is 12.2 Å². The molecule has 1 aliphatic heterocycles. The quantitative estimate of drug-likeness (QED) is 0.681. The molecule has 0 amide bonds. The largest absolute Gasteiger partial charge is 0.312 e. The highest BCUT2D eigenvalue weighted by atomic mass is 32.2. The fourth-order valence-corrected chi connectivity index (χ4v) is 3.16. The summed E-state index contributed by atoms with van der Waals surface area (Å²) < 4.78 is 41.7. The predicted octanol–water partition coefficient (Wildman–Crippen LogP) is 4.92. The number of hydrogen-bond donors (Lipinski definition) is 0. The number of rotatable bonds is 6. The van der Waals surface area contributed by atoms with Crippen molar-refractivity contribution in [2.75, 3.05) is 10.6 Å². The van der Waals surface area contributed by atoms with E-state index in [1.54, 1.807) is 24.1 Å². The van der Waals surface area contributed by atoms with E-state index in [1.807, 2.05) is 40.9 Å². The van der Waals surface area contributed by atoms with Crippen LogP contribution in [0.4, 0.5) is 18.9 Å². The first-order valence-electron chi connectivity index (χ1n) is 7.65. The first-order chi connectivity index (χ1) is 12.1. The lowest BCUT2D eigenvalue weighted by atomic mass is 10.0. The van der Waals surface area contributed by atoms with Crippen LogP contribution in [0.2, 0.25) is 0 Å². The van der Waals surface area contributed by atoms with E-state index in [-0.39, 0.29) is 23.4 Å². The Balaban J connectivity index is 1.74. The summed E-state index contributed by atoms with van der Waals surface area (Å²) in [6, 6.07) is 14.6. The van der Waals surface area contributed by atoms with Crippen LogP contribution in [-0.2, 0) is 6.54 Å². The summed E-state index contributed by atoms with van der Waals surface area (Å²) in [5, 5.41) is 7.13. The van der Waals surface area contributed by atoms with Crippen molar-refractivity contribution in [3.05, 3.63) is 65.5 Å². The van der Waals surface area contributed by atoms with Crippen molar-refractivity contribution in [2.45, 2.75) is 19.4 Å². The van der Waals surface area contributed by atoms with Crippen molar-refractivity contribution in [3.8, 4) is 0 Å². The highest BCUT2D eigenvalue weighted by Gasteiger charge is 2.23. The maximum Gasteiger partial charge on any atom is 0.278 e. The van der Waals surface area contributed by atoms with Crippen LogP contribution in [0.25, 0.3) is 0 Å². The molecular weight excluding hydrogens is 347 g/mol. The van der Waals surface area contributed by atoms with Crippen LogP contribution < -0.4 is 4.31 Å². The zero-order valence-electron chi connectivity index (χ0n) is 13.5. The van der Waals surface area contributed by atoms with Crippen molar-refractivity contribution < 1.29 is 13.2 Å². The molecule has 2 aromatic rings. The maximum absolute atomic E-state index is 14.4. The standard InChI is InChI=1S/C18H16F3N3S/c1-25-24(13-5-3-2-4-6-13)11-12-7-8-14(15(19)9-12)16-10-17(18(20)21)23-22-16/h2-9,18H,10-11H2,1H3. The molecule has 25 heavy (non-hydrogen) atoms. The second kappa shape index (κ2) is 7.74. The first-order valence-corrected chi connectivity index (χ1v) is 8.83. The molecule has 0 saturated heterocycles. The Morgan fingerprint density at radius 2 is 1.88 bits per heavy atom. The molecule has 0 radical (unpaired) electrons. The van der Waals surface area contributed by atoms with Crippen molar-refractivity contribution >= 4 is 29.1 Å². The van der Waals surface area contributed by atoms with Crippen LogP contribution >= 0.6 is 11.9 Å². The van der Waals surface area contributed by atoms with E-state index in [9.17, 15) is 13.2 Å². The van der Waals surface area contributed by atoms with Gasteiger partial charge in [0.15, 0.2) is 0 Å². The summed E-state index contributed by atoms with van der Waals surface area (Å²) in [5.41, 5.74) is 1.95. The molecule has 0 N–H and O–H groups in total. The second-order valence-corrected chi connectivity index (χ2v) is 6.29. The zero-order valence-corrected chi connectivity index (χ0v) is 14.3. The number of nitrogens with zero attached hydrogens (tertiary/aromatic N) is 3. The summed E-state index contributed by atoms with van der Waals surface area (Å²) >= 11 is 1.54. The third-order valence-electron chi connectivity index (χ3n) is 3.83. The minimum Gasteiger partial charge on any atom is -0.312 e. The third kappa shape index (κ3) is 4.04. The molecule has 1 aliphatic rings. The number of benzene rings is 2. The van der Waals surface area contributed by atoms with E-state index >= 15 is 0 Å². The average molecular weight is 363 g/mol. The van der Waals surface area contributed by atoms with Gasteiger partial charge < -0.3 is 4.31 Å². The minimum absolute atomic E-state index is 0.116. The van der Waals surface area contributed by atoms with Crippen LogP contribution in [0.3, 0.4) is 0 Å². The van der Waals surface area contributed by atoms with Gasteiger partial charge in [0.2, 0.25) is 0 Å². The second-order valence-electron chi connectivity index (χ2n) is 5.48. The number of hydrogen-bond acceptors (Lipinski definition) is 4. The highest BCUT2D eigenvalue weighted by molar-refractivity contribution is 7.99. The summed E-state index contributed by atoms with van der Waals surface area (Å²) in [6.07, 6.45) is -0.826. The van der Waals surface area contributed by atoms with Gasteiger partial charge in [-0.2, -0.15) is 10.2 Å². The van der Waals surface area contributed by atoms with Crippen molar-refractivity contribution in [1.82, 2.24) is 0 Å². The Morgan fingerprint density at radius 3 is 2.48 bits per heavy atom. The van der Waals surface area contributed by atoms with Gasteiger partial charge in [-0.25, -0.2) is 13.2 Å². The Labute approximate surface area is 148 Å². The van der Waals surface area contributed by atoms with E-state index in [0.717, 1.165) is 11.3 Å². The van der Waals surface area contributed by atoms with Crippen molar-refractivity contribution in [3.63, 3.8) is 0 Å². The zero-order chi connectivity index (χ0) is 17.8. The molecule has 0 atom stereocenters. The number of para-hydroxylation sites is 1. The molecule has 0 bridgehead atoms. The topological polar surface area (TPSA) is 28.0 Å². The van der Waals surface area contributed by atoms with Gasteiger partial charge in [0.25, 0.3) is 6.43 Å². The van der Waals surface area contributed by atoms with Crippen LogP contribution in [0.5, 0.6) is 0 Å². The smallest absolute Gasteiger partial charge is 0.278 e. The molecule has 0 unspecified atom stereocenters. The minimum atomic E-state index is -2.66. The van der Waals surface area contributed by atoms with Gasteiger partial charge >= 0.3 is 0 Å². The van der Waals surface area contributed by atoms with E-state index in [2.05, 4.69) is 10.2 Å². The van der Waals surface area contributed by atoms with Gasteiger partial charge in [-0.1, -0.05) is 36.2 Å². The molecule has 0 saturated carbocycles. The molecule has 0 spiro atoms. The lowest BCUT2D eigenvalue weighted by Gasteiger charge is -2.21. The van der Waals surface area contributed by atoms with Crippen LogP contribution in [0, 0.1) is 5.82 Å². The van der Waals surface area contributed by atoms with Crippen LogP contribution in [0.15, 0.2) is 58.7 Å². The van der Waals surface area contributed by atoms with Gasteiger partial charge in [0.05, 0.1) is 12.3 Å². The Morgan fingerprint density at radius 1 is 1.12 bits per heavy atom. The number of halogens is 3. The molecular formula is C18H16F3N3S. The van der Waals surface area contributed by atoms with Crippen LogP contribution in [0.1, 0.15) is 17.5 Å². The van der Waals surface area contributed by atoms with Crippen molar-refractivity contribution in [1.29, 1.82) is 0 Å². The third-order valence-corrected chi connectivity index (χ3v) is 4.62. The number of anilines is 1. The maximum atomic E-state index is 14.4. The normalized spacial score (nSPS) is 13.8. The highest BCUT2D eigenvalue weighted by Crippen LogP contribution is 2.25. The van der Waals surface area contributed by atoms with E-state index in [1.165, 1.54) is 6.07 Å². The molecule has 130 valence electrons. The van der Waals surface area contributed by atoms with Crippen molar-refractivity contribution in [2.24, 2.45) is 10.2 Å². The van der Waals surface area contributed by atoms with Gasteiger partial charge in [-0.05, 0) is 29.8 Å². The molecule has 0 aliphatic carbocycles. The molecule has 1 heterocycles. The van der Waals surface area contributed by atoms with Gasteiger partial charge in [0, 0.05) is 23.9 Å². The molecule has 7 heteroatoms. The van der Waals surface area contributed by atoms with Gasteiger partial charge in [0.1, 0.15) is 11.5 Å². The molecule has 0 fully saturated rings. The monoisotopic (exact) mass is 363 g/mol. The lowest BCUT2D eigenvalue weighted by molar-refractivity contribution is 0.224. The Kier molecular flexibility index (Phi) is 5.43. The fourth-order valence-electron chi connectivity index (χ4n) is 2.55. The molecule has 0 aromatic heterocycles. The Bertz CT molecular complexity index is 806. The Hall–Kier alpha value is -2.28. The fraction of sp³-hybridized carbons (Fsp3) is 0.222. The molecule has 3 rings (SSSR count). The molecule has 3 nitrogen and oxygen atoms in total. The molecule has 2 aromatic carbocycles. The lowest BCUT2D eigenvalue weighted by Crippen LogP contribution is -2.15. The summed E-state index contributed by atoms with van der Waals surface area (Å²) in [7, 11) is 0. The SMILES string of the molecule is CSN(Cc1ccc(C2=NN=C(C(F)F)C2)c(F)c1)c1ccccc1. The predicted molar refractivity (Wildman–Crippen MR) is 97.1 cm³/mol. The average Bonchev–Trinajstić information content (AvgIpc) is 3.10. The van der Waals surface area contributed by atoms with Gasteiger partial charge in [-0.15, -0.1) is 0 Å². The van der Waals surface area contributed by atoms with E-state index in [4.69, 9.17) is 0 Å².